The zero-order valence-corrected chi connectivity index (χ0v) is 10.6. The minimum absolute atomic E-state index is 0.536. The molecule has 0 spiro atoms. The van der Waals surface area contributed by atoms with Gasteiger partial charge in [-0.05, 0) is 30.5 Å². The minimum atomic E-state index is 0.536. The summed E-state index contributed by atoms with van der Waals surface area (Å²) >= 11 is 0. The van der Waals surface area contributed by atoms with Crippen molar-refractivity contribution in [1.82, 2.24) is 10.6 Å². The zero-order valence-electron chi connectivity index (χ0n) is 10.6. The molecule has 0 saturated carbocycles. The van der Waals surface area contributed by atoms with Crippen LogP contribution in [0.1, 0.15) is 42.9 Å². The van der Waals surface area contributed by atoms with Crippen LogP contribution in [-0.4, -0.2) is 13.6 Å². The molecule has 2 nitrogen and oxygen atoms in total. The molecule has 0 bridgehead atoms. The average Bonchev–Trinajstić information content (AvgIpc) is 2.67. The number of nitrogens with one attached hydrogen (secondary N) is 2. The second kappa shape index (κ2) is 5.87. The summed E-state index contributed by atoms with van der Waals surface area (Å²) in [6, 6.07) is 9.29. The third-order valence-corrected chi connectivity index (χ3v) is 3.52. The van der Waals surface area contributed by atoms with Gasteiger partial charge >= 0.3 is 0 Å². The van der Waals surface area contributed by atoms with Crippen molar-refractivity contribution in [2.75, 3.05) is 13.6 Å². The van der Waals surface area contributed by atoms with E-state index in [-0.39, 0.29) is 0 Å². The molecule has 2 rings (SSSR count). The van der Waals surface area contributed by atoms with E-state index in [0.29, 0.717) is 6.04 Å². The van der Waals surface area contributed by atoms with Gasteiger partial charge in [0.05, 0.1) is 0 Å². The molecule has 1 heterocycles. The highest BCUT2D eigenvalue weighted by Gasteiger charge is 2.13. The third kappa shape index (κ3) is 3.10. The average molecular weight is 230 g/mol. The highest BCUT2D eigenvalue weighted by atomic mass is 14.9. The van der Waals surface area contributed by atoms with Crippen LogP contribution >= 0.6 is 0 Å². The van der Waals surface area contributed by atoms with Gasteiger partial charge in [-0.3, -0.25) is 0 Å². The van der Waals surface area contributed by atoms with Crippen LogP contribution in [-0.2, 0) is 0 Å². The van der Waals surface area contributed by atoms with Gasteiger partial charge in [0, 0.05) is 18.8 Å². The molecule has 0 amide bonds. The number of rotatable bonds is 3. The Labute approximate surface area is 104 Å². The molecule has 0 radical (unpaired) electrons. The van der Waals surface area contributed by atoms with Gasteiger partial charge in [-0.1, -0.05) is 43.7 Å². The predicted molar refractivity (Wildman–Crippen MR) is 73.7 cm³/mol. The van der Waals surface area contributed by atoms with Gasteiger partial charge in [0.2, 0.25) is 0 Å². The Morgan fingerprint density at radius 2 is 2.00 bits per heavy atom. The lowest BCUT2D eigenvalue weighted by molar-refractivity contribution is 0.535. The van der Waals surface area contributed by atoms with Crippen LogP contribution < -0.4 is 10.6 Å². The van der Waals surface area contributed by atoms with Crippen molar-refractivity contribution in [2.45, 2.75) is 31.7 Å². The molecule has 2 N–H and O–H groups in total. The summed E-state index contributed by atoms with van der Waals surface area (Å²) < 4.78 is 0. The van der Waals surface area contributed by atoms with Crippen molar-refractivity contribution in [3.63, 3.8) is 0 Å². The van der Waals surface area contributed by atoms with Gasteiger partial charge in [-0.2, -0.15) is 0 Å². The molecule has 0 aromatic heterocycles. The molecular weight excluding hydrogens is 208 g/mol. The van der Waals surface area contributed by atoms with Crippen molar-refractivity contribution in [3.8, 4) is 0 Å². The van der Waals surface area contributed by atoms with Gasteiger partial charge in [-0.15, -0.1) is 0 Å². The SMILES string of the molecule is C=C(NC)c1ccc(C2CCCCCN2)cc1. The first-order valence-corrected chi connectivity index (χ1v) is 6.51. The molecule has 0 aliphatic carbocycles. The van der Waals surface area contributed by atoms with Crippen LogP contribution in [0.15, 0.2) is 30.8 Å². The van der Waals surface area contributed by atoms with E-state index in [2.05, 4.69) is 41.5 Å². The van der Waals surface area contributed by atoms with Crippen LogP contribution in [0.5, 0.6) is 0 Å². The van der Waals surface area contributed by atoms with Crippen LogP contribution in [0, 0.1) is 0 Å². The monoisotopic (exact) mass is 230 g/mol. The Kier molecular flexibility index (Phi) is 4.21. The summed E-state index contributed by atoms with van der Waals surface area (Å²) in [6.07, 6.45) is 5.26. The smallest absolute Gasteiger partial charge is 0.0338 e. The molecule has 1 aromatic rings. The normalized spacial score (nSPS) is 20.6. The topological polar surface area (TPSA) is 24.1 Å². The lowest BCUT2D eigenvalue weighted by Crippen LogP contribution is -2.20. The largest absolute Gasteiger partial charge is 0.388 e. The molecule has 1 aliphatic rings. The standard InChI is InChI=1S/C15H22N2/c1-12(16-2)13-7-9-14(10-8-13)15-6-4-3-5-11-17-15/h7-10,15-17H,1,3-6,11H2,2H3. The van der Waals surface area contributed by atoms with Gasteiger partial charge in [-0.25, -0.2) is 0 Å². The predicted octanol–water partition coefficient (Wildman–Crippen LogP) is 3.08. The lowest BCUT2D eigenvalue weighted by atomic mass is 10.0. The van der Waals surface area contributed by atoms with E-state index in [4.69, 9.17) is 0 Å². The van der Waals surface area contributed by atoms with E-state index < -0.39 is 0 Å². The van der Waals surface area contributed by atoms with E-state index in [1.54, 1.807) is 0 Å². The summed E-state index contributed by atoms with van der Waals surface area (Å²) in [6.45, 7) is 5.12. The molecule has 1 unspecified atom stereocenters. The molecule has 1 aromatic carbocycles. The fourth-order valence-corrected chi connectivity index (χ4v) is 2.37. The van der Waals surface area contributed by atoms with Crippen LogP contribution in [0.4, 0.5) is 0 Å². The summed E-state index contributed by atoms with van der Waals surface area (Å²) in [5.74, 6) is 0. The van der Waals surface area contributed by atoms with E-state index in [1.807, 2.05) is 7.05 Å². The van der Waals surface area contributed by atoms with Gasteiger partial charge in [0.25, 0.3) is 0 Å². The van der Waals surface area contributed by atoms with Gasteiger partial charge in [0.1, 0.15) is 0 Å². The second-order valence-corrected chi connectivity index (χ2v) is 4.71. The maximum absolute atomic E-state index is 3.97. The van der Waals surface area contributed by atoms with Crippen molar-refractivity contribution >= 4 is 5.70 Å². The highest BCUT2D eigenvalue weighted by molar-refractivity contribution is 5.61. The quantitative estimate of drug-likeness (QED) is 0.834. The molecule has 1 fully saturated rings. The molecule has 1 saturated heterocycles. The zero-order chi connectivity index (χ0) is 12.1. The summed E-state index contributed by atoms with van der Waals surface area (Å²) in [5.41, 5.74) is 3.55. The first-order chi connectivity index (χ1) is 8.31. The molecule has 1 aliphatic heterocycles. The third-order valence-electron chi connectivity index (χ3n) is 3.52. The Hall–Kier alpha value is -1.28. The molecule has 2 heteroatoms. The first-order valence-electron chi connectivity index (χ1n) is 6.51. The van der Waals surface area contributed by atoms with E-state index in [9.17, 15) is 0 Å². The fourth-order valence-electron chi connectivity index (χ4n) is 2.37. The van der Waals surface area contributed by atoms with Crippen molar-refractivity contribution in [1.29, 1.82) is 0 Å². The fraction of sp³-hybridized carbons (Fsp3) is 0.467. The number of hydrogen-bond acceptors (Lipinski definition) is 2. The summed E-state index contributed by atoms with van der Waals surface area (Å²) in [4.78, 5) is 0. The summed E-state index contributed by atoms with van der Waals surface area (Å²) in [5, 5.41) is 6.70. The maximum atomic E-state index is 3.97. The van der Waals surface area contributed by atoms with E-state index >= 15 is 0 Å². The maximum Gasteiger partial charge on any atom is 0.0338 e. The molecule has 92 valence electrons. The summed E-state index contributed by atoms with van der Waals surface area (Å²) in [7, 11) is 1.91. The molecule has 1 atom stereocenters. The molecular formula is C15H22N2. The Morgan fingerprint density at radius 3 is 2.71 bits per heavy atom. The van der Waals surface area contributed by atoms with E-state index in [1.165, 1.54) is 36.8 Å². The Morgan fingerprint density at radius 1 is 1.24 bits per heavy atom. The first kappa shape index (κ1) is 12.2. The van der Waals surface area contributed by atoms with Crippen LogP contribution in [0.25, 0.3) is 5.70 Å². The van der Waals surface area contributed by atoms with Crippen LogP contribution in [0.2, 0.25) is 0 Å². The minimum Gasteiger partial charge on any atom is -0.388 e. The number of benzene rings is 1. The van der Waals surface area contributed by atoms with Crippen molar-refractivity contribution < 1.29 is 0 Å². The van der Waals surface area contributed by atoms with E-state index in [0.717, 1.165) is 12.2 Å². The highest BCUT2D eigenvalue weighted by Crippen LogP contribution is 2.23. The lowest BCUT2D eigenvalue weighted by Gasteiger charge is -2.16. The molecule has 17 heavy (non-hydrogen) atoms. The van der Waals surface area contributed by atoms with Gasteiger partial charge in [0.15, 0.2) is 0 Å². The van der Waals surface area contributed by atoms with Crippen molar-refractivity contribution in [2.24, 2.45) is 0 Å². The van der Waals surface area contributed by atoms with Gasteiger partial charge < -0.3 is 10.6 Å². The Balaban J connectivity index is 2.08. The van der Waals surface area contributed by atoms with Crippen LogP contribution in [0.3, 0.4) is 0 Å². The van der Waals surface area contributed by atoms with Crippen molar-refractivity contribution in [3.05, 3.63) is 42.0 Å². The second-order valence-electron chi connectivity index (χ2n) is 4.71. The Bertz CT molecular complexity index is 359. The number of hydrogen-bond donors (Lipinski definition) is 2.